The number of pyridine rings is 2. The van der Waals surface area contributed by atoms with E-state index in [1.807, 2.05) is 73.7 Å². The van der Waals surface area contributed by atoms with Gasteiger partial charge in [-0.1, -0.05) is 36.4 Å². The number of rotatable bonds is 9. The number of carbonyl (C=O) groups excluding carboxylic acids is 1. The van der Waals surface area contributed by atoms with Gasteiger partial charge in [-0.3, -0.25) is 4.79 Å². The van der Waals surface area contributed by atoms with Gasteiger partial charge in [0, 0.05) is 24.5 Å². The van der Waals surface area contributed by atoms with Gasteiger partial charge in [0.15, 0.2) is 5.65 Å². The van der Waals surface area contributed by atoms with Crippen LogP contribution in [0.2, 0.25) is 0 Å². The minimum atomic E-state index is -0.271. The van der Waals surface area contributed by atoms with E-state index >= 15 is 0 Å². The molecule has 186 valence electrons. The molecule has 0 atom stereocenters. The van der Waals surface area contributed by atoms with E-state index in [1.165, 1.54) is 0 Å². The monoisotopic (exact) mass is 494 g/mol. The normalized spacial score (nSPS) is 10.8. The average molecular weight is 495 g/mol. The van der Waals surface area contributed by atoms with Gasteiger partial charge in [0.05, 0.1) is 6.61 Å². The van der Waals surface area contributed by atoms with Crippen LogP contribution < -0.4 is 20.5 Å². The first-order valence-corrected chi connectivity index (χ1v) is 11.9. The molecule has 0 saturated heterocycles. The first-order valence-electron chi connectivity index (χ1n) is 11.9. The quantitative estimate of drug-likeness (QED) is 0.309. The topological polar surface area (TPSA) is 117 Å². The lowest BCUT2D eigenvalue weighted by Gasteiger charge is -2.13. The Balaban J connectivity index is 1.32. The van der Waals surface area contributed by atoms with Crippen molar-refractivity contribution in [2.75, 3.05) is 18.9 Å². The lowest BCUT2D eigenvalue weighted by atomic mass is 10.1. The maximum absolute atomic E-state index is 13.2. The van der Waals surface area contributed by atoms with Crippen molar-refractivity contribution >= 4 is 17.5 Å². The molecule has 0 unspecified atom stereocenters. The van der Waals surface area contributed by atoms with Crippen molar-refractivity contribution in [3.8, 4) is 28.5 Å². The highest BCUT2D eigenvalue weighted by Crippen LogP contribution is 2.27. The zero-order valence-electron chi connectivity index (χ0n) is 20.3. The molecule has 1 amide bonds. The van der Waals surface area contributed by atoms with Gasteiger partial charge in [-0.15, -0.1) is 5.10 Å². The van der Waals surface area contributed by atoms with Crippen LogP contribution in [0.1, 0.15) is 22.8 Å². The number of hydrogen-bond donors (Lipinski definition) is 2. The molecule has 5 rings (SSSR count). The van der Waals surface area contributed by atoms with E-state index in [1.54, 1.807) is 23.0 Å². The molecule has 5 aromatic rings. The number of carbonyl (C=O) groups is 1. The van der Waals surface area contributed by atoms with Crippen molar-refractivity contribution in [1.29, 1.82) is 0 Å². The molecule has 0 spiro atoms. The van der Waals surface area contributed by atoms with Crippen LogP contribution in [0.15, 0.2) is 85.2 Å². The fourth-order valence-electron chi connectivity index (χ4n) is 3.93. The van der Waals surface area contributed by atoms with Gasteiger partial charge in [0.25, 0.3) is 5.91 Å². The summed E-state index contributed by atoms with van der Waals surface area (Å²) in [6.45, 7) is 2.65. The Kier molecular flexibility index (Phi) is 6.93. The van der Waals surface area contributed by atoms with Crippen LogP contribution in [0.3, 0.4) is 0 Å². The van der Waals surface area contributed by atoms with Gasteiger partial charge in [0.2, 0.25) is 11.8 Å². The summed E-state index contributed by atoms with van der Waals surface area (Å²) < 4.78 is 13.3. The number of aromatic nitrogens is 4. The van der Waals surface area contributed by atoms with E-state index in [2.05, 4.69) is 20.4 Å². The molecule has 0 saturated carbocycles. The first-order chi connectivity index (χ1) is 18.1. The molecular formula is C28H26N6O3. The maximum atomic E-state index is 13.2. The van der Waals surface area contributed by atoms with Crippen LogP contribution in [0, 0.1) is 0 Å². The van der Waals surface area contributed by atoms with E-state index in [0.717, 1.165) is 28.2 Å². The number of para-hydroxylation sites is 2. The minimum absolute atomic E-state index is 0.192. The van der Waals surface area contributed by atoms with Gasteiger partial charge < -0.3 is 20.5 Å². The second-order valence-electron chi connectivity index (χ2n) is 8.23. The first kappa shape index (κ1) is 23.8. The van der Waals surface area contributed by atoms with Gasteiger partial charge in [0.1, 0.15) is 17.1 Å². The summed E-state index contributed by atoms with van der Waals surface area (Å²) in [5, 5.41) is 7.09. The van der Waals surface area contributed by atoms with Crippen LogP contribution >= 0.6 is 0 Å². The number of fused-ring (bicyclic) bond motifs is 1. The van der Waals surface area contributed by atoms with Crippen LogP contribution in [0.25, 0.3) is 16.8 Å². The van der Waals surface area contributed by atoms with E-state index in [9.17, 15) is 4.79 Å². The number of nitrogen functional groups attached to an aromatic ring is 1. The Bertz CT molecular complexity index is 1530. The number of nitrogens with zero attached hydrogens (tertiary/aromatic N) is 4. The molecule has 0 aliphatic carbocycles. The van der Waals surface area contributed by atoms with Crippen molar-refractivity contribution in [2.45, 2.75) is 13.3 Å². The number of amides is 1. The molecule has 0 radical (unpaired) electrons. The summed E-state index contributed by atoms with van der Waals surface area (Å²) in [4.78, 5) is 21.8. The molecule has 2 aromatic carbocycles. The van der Waals surface area contributed by atoms with Crippen molar-refractivity contribution in [2.24, 2.45) is 0 Å². The van der Waals surface area contributed by atoms with Gasteiger partial charge >= 0.3 is 0 Å². The Morgan fingerprint density at radius 2 is 1.84 bits per heavy atom. The van der Waals surface area contributed by atoms with Gasteiger partial charge in [-0.2, -0.15) is 4.98 Å². The standard InChI is InChI=1S/C28H26N6O3/c1-2-36-27-23(16-21(18-31-27)20-13-15-34-25(17-20)32-28(29)33-34)26(35)30-14-12-19-8-6-7-11-24(19)37-22-9-4-3-5-10-22/h3-11,13,15-18H,2,12,14H2,1H3,(H2,29,33)(H,30,35). The van der Waals surface area contributed by atoms with Crippen LogP contribution in [-0.4, -0.2) is 38.6 Å². The Labute approximate surface area is 213 Å². The van der Waals surface area contributed by atoms with Crippen molar-refractivity contribution in [3.63, 3.8) is 0 Å². The smallest absolute Gasteiger partial charge is 0.256 e. The number of benzene rings is 2. The molecule has 3 N–H and O–H groups in total. The van der Waals surface area contributed by atoms with Crippen molar-refractivity contribution < 1.29 is 14.3 Å². The summed E-state index contributed by atoms with van der Waals surface area (Å²) in [5.74, 6) is 1.72. The fourth-order valence-corrected chi connectivity index (χ4v) is 3.93. The molecular weight excluding hydrogens is 468 g/mol. The van der Waals surface area contributed by atoms with E-state index in [4.69, 9.17) is 15.2 Å². The Morgan fingerprint density at radius 3 is 2.68 bits per heavy atom. The maximum Gasteiger partial charge on any atom is 0.256 e. The van der Waals surface area contributed by atoms with Crippen LogP contribution in [0.5, 0.6) is 17.4 Å². The van der Waals surface area contributed by atoms with E-state index in [-0.39, 0.29) is 17.7 Å². The Hall–Kier alpha value is -4.92. The molecule has 3 heterocycles. The molecule has 9 heteroatoms. The highest BCUT2D eigenvalue weighted by molar-refractivity contribution is 5.97. The number of ether oxygens (including phenoxy) is 2. The third-order valence-corrected chi connectivity index (χ3v) is 5.69. The molecule has 0 aliphatic heterocycles. The molecule has 0 aliphatic rings. The highest BCUT2D eigenvalue weighted by Gasteiger charge is 2.16. The van der Waals surface area contributed by atoms with Crippen molar-refractivity contribution in [1.82, 2.24) is 24.9 Å². The molecule has 0 fully saturated rings. The zero-order chi connectivity index (χ0) is 25.6. The van der Waals surface area contributed by atoms with Crippen molar-refractivity contribution in [3.05, 3.63) is 96.3 Å². The zero-order valence-corrected chi connectivity index (χ0v) is 20.3. The summed E-state index contributed by atoms with van der Waals surface area (Å²) in [6.07, 6.45) is 4.03. The molecule has 9 nitrogen and oxygen atoms in total. The lowest BCUT2D eigenvalue weighted by Crippen LogP contribution is -2.26. The number of anilines is 1. The number of hydrogen-bond acceptors (Lipinski definition) is 7. The molecule has 3 aromatic heterocycles. The summed E-state index contributed by atoms with van der Waals surface area (Å²) in [7, 11) is 0. The molecule has 37 heavy (non-hydrogen) atoms. The third kappa shape index (κ3) is 5.51. The highest BCUT2D eigenvalue weighted by atomic mass is 16.5. The fraction of sp³-hybridized carbons (Fsp3) is 0.143. The number of nitrogens with one attached hydrogen (secondary N) is 1. The minimum Gasteiger partial charge on any atom is -0.477 e. The summed E-state index contributed by atoms with van der Waals surface area (Å²) >= 11 is 0. The van der Waals surface area contributed by atoms with E-state index < -0.39 is 0 Å². The third-order valence-electron chi connectivity index (χ3n) is 5.69. The van der Waals surface area contributed by atoms with Crippen LogP contribution in [-0.2, 0) is 6.42 Å². The largest absolute Gasteiger partial charge is 0.477 e. The summed E-state index contributed by atoms with van der Waals surface area (Å²) in [5.41, 5.74) is 9.23. The molecule has 0 bridgehead atoms. The van der Waals surface area contributed by atoms with Gasteiger partial charge in [-0.05, 0) is 60.9 Å². The number of nitrogens with two attached hydrogens (primary N) is 1. The Morgan fingerprint density at radius 1 is 1.03 bits per heavy atom. The second kappa shape index (κ2) is 10.8. The summed E-state index contributed by atoms with van der Waals surface area (Å²) in [6, 6.07) is 22.9. The predicted octanol–water partition coefficient (Wildman–Crippen LogP) is 4.54. The lowest BCUT2D eigenvalue weighted by molar-refractivity contribution is 0.0949. The SMILES string of the molecule is CCOc1ncc(-c2ccn3nc(N)nc3c2)cc1C(=O)NCCc1ccccc1Oc1ccccc1. The second-order valence-corrected chi connectivity index (χ2v) is 8.23. The van der Waals surface area contributed by atoms with Crippen LogP contribution in [0.4, 0.5) is 5.95 Å². The van der Waals surface area contributed by atoms with E-state index in [0.29, 0.717) is 30.8 Å². The average Bonchev–Trinajstić information content (AvgIpc) is 3.30. The predicted molar refractivity (Wildman–Crippen MR) is 141 cm³/mol. The van der Waals surface area contributed by atoms with Gasteiger partial charge in [-0.25, -0.2) is 9.50 Å².